The van der Waals surface area contributed by atoms with Crippen molar-refractivity contribution >= 4 is 11.8 Å². The van der Waals surface area contributed by atoms with E-state index in [4.69, 9.17) is 0 Å². The highest BCUT2D eigenvalue weighted by Crippen LogP contribution is 2.29. The van der Waals surface area contributed by atoms with Gasteiger partial charge in [-0.2, -0.15) is 0 Å². The molecular weight excluding hydrogens is 216 g/mol. The second kappa shape index (κ2) is 3.96. The van der Waals surface area contributed by atoms with Crippen molar-refractivity contribution in [3.05, 3.63) is 35.9 Å². The Morgan fingerprint density at radius 1 is 1.06 bits per heavy atom. The zero-order valence-electron chi connectivity index (χ0n) is 9.43. The van der Waals surface area contributed by atoms with Gasteiger partial charge in [-0.3, -0.25) is 19.8 Å². The summed E-state index contributed by atoms with van der Waals surface area (Å²) in [4.78, 5) is 25.4. The Morgan fingerprint density at radius 3 is 2.24 bits per heavy atom. The van der Waals surface area contributed by atoms with Crippen molar-refractivity contribution < 1.29 is 9.59 Å². The van der Waals surface area contributed by atoms with Gasteiger partial charge in [0.2, 0.25) is 11.8 Å². The summed E-state index contributed by atoms with van der Waals surface area (Å²) in [5.41, 5.74) is 1.15. The first-order chi connectivity index (χ1) is 8.25. The van der Waals surface area contributed by atoms with Crippen LogP contribution in [0.15, 0.2) is 30.3 Å². The number of imide groups is 1. The fourth-order valence-corrected chi connectivity index (χ4v) is 2.73. The number of carbonyl (C=O) groups is 2. The van der Waals surface area contributed by atoms with Gasteiger partial charge in [0.1, 0.15) is 0 Å². The number of carbonyl (C=O) groups excluding carboxylic acids is 2. The summed E-state index contributed by atoms with van der Waals surface area (Å²) < 4.78 is 0. The highest BCUT2D eigenvalue weighted by atomic mass is 16.2. The number of rotatable bonds is 2. The largest absolute Gasteiger partial charge is 0.294 e. The predicted octanol–water partition coefficient (Wildman–Crippen LogP) is 0.676. The predicted molar refractivity (Wildman–Crippen MR) is 61.9 cm³/mol. The Bertz CT molecular complexity index is 436. The number of hydrogen-bond donors (Lipinski definition) is 1. The van der Waals surface area contributed by atoms with Crippen LogP contribution in [0.25, 0.3) is 0 Å². The monoisotopic (exact) mass is 230 g/mol. The third-order valence-corrected chi connectivity index (χ3v) is 3.57. The van der Waals surface area contributed by atoms with Gasteiger partial charge in [-0.1, -0.05) is 30.3 Å². The Labute approximate surface area is 99.6 Å². The Hall–Kier alpha value is -1.68. The lowest BCUT2D eigenvalue weighted by atomic mass is 10.1. The summed E-state index contributed by atoms with van der Waals surface area (Å²) in [5.74, 6) is -0.278. The standard InChI is InChI=1S/C13H14N2O2/c16-12-10-6-7-11(13(17)14-12)15(10)8-9-4-2-1-3-5-9/h1-5,10-11H,6-8H2,(H,14,16,17). The lowest BCUT2D eigenvalue weighted by Gasteiger charge is -2.32. The van der Waals surface area contributed by atoms with Gasteiger partial charge in [-0.15, -0.1) is 0 Å². The maximum absolute atomic E-state index is 11.7. The average Bonchev–Trinajstić information content (AvgIpc) is 2.67. The number of amides is 2. The van der Waals surface area contributed by atoms with Crippen molar-refractivity contribution in [2.45, 2.75) is 31.5 Å². The van der Waals surface area contributed by atoms with Crippen LogP contribution in [0, 0.1) is 0 Å². The van der Waals surface area contributed by atoms with Crippen LogP contribution in [0.2, 0.25) is 0 Å². The number of benzene rings is 1. The third kappa shape index (κ3) is 1.74. The molecule has 2 heterocycles. The molecule has 17 heavy (non-hydrogen) atoms. The van der Waals surface area contributed by atoms with Crippen molar-refractivity contribution in [1.29, 1.82) is 0 Å². The van der Waals surface area contributed by atoms with Crippen LogP contribution in [0.3, 0.4) is 0 Å². The molecule has 88 valence electrons. The summed E-state index contributed by atoms with van der Waals surface area (Å²) in [5, 5.41) is 2.44. The molecule has 0 saturated carbocycles. The normalized spacial score (nSPS) is 28.2. The quantitative estimate of drug-likeness (QED) is 0.760. The van der Waals surface area contributed by atoms with E-state index in [-0.39, 0.29) is 23.9 Å². The zero-order chi connectivity index (χ0) is 11.8. The van der Waals surface area contributed by atoms with Crippen LogP contribution in [0.5, 0.6) is 0 Å². The molecule has 2 amide bonds. The average molecular weight is 230 g/mol. The molecule has 2 atom stereocenters. The van der Waals surface area contributed by atoms with E-state index < -0.39 is 0 Å². The summed E-state index contributed by atoms with van der Waals surface area (Å²) in [6.45, 7) is 0.676. The second-order valence-electron chi connectivity index (χ2n) is 4.62. The van der Waals surface area contributed by atoms with E-state index in [9.17, 15) is 9.59 Å². The highest BCUT2D eigenvalue weighted by Gasteiger charge is 2.46. The van der Waals surface area contributed by atoms with E-state index in [0.717, 1.165) is 18.4 Å². The van der Waals surface area contributed by atoms with Gasteiger partial charge < -0.3 is 0 Å². The Kier molecular flexibility index (Phi) is 2.44. The van der Waals surface area contributed by atoms with Crippen LogP contribution in [0.1, 0.15) is 18.4 Å². The molecule has 1 N–H and O–H groups in total. The summed E-state index contributed by atoms with van der Waals surface area (Å²) >= 11 is 0. The van der Waals surface area contributed by atoms with Gasteiger partial charge in [0, 0.05) is 6.54 Å². The molecule has 2 bridgehead atoms. The molecule has 0 spiro atoms. The first kappa shape index (κ1) is 10.5. The lowest BCUT2D eigenvalue weighted by molar-refractivity contribution is -0.141. The van der Waals surface area contributed by atoms with Crippen LogP contribution in [-0.2, 0) is 16.1 Å². The van der Waals surface area contributed by atoms with Crippen molar-refractivity contribution in [2.24, 2.45) is 0 Å². The van der Waals surface area contributed by atoms with Gasteiger partial charge in [-0.05, 0) is 18.4 Å². The lowest BCUT2D eigenvalue weighted by Crippen LogP contribution is -2.58. The molecule has 0 aliphatic carbocycles. The van der Waals surface area contributed by atoms with Gasteiger partial charge in [0.05, 0.1) is 12.1 Å². The molecule has 4 nitrogen and oxygen atoms in total. The molecule has 2 unspecified atom stereocenters. The summed E-state index contributed by atoms with van der Waals surface area (Å²) in [7, 11) is 0. The van der Waals surface area contributed by atoms with Crippen LogP contribution >= 0.6 is 0 Å². The summed E-state index contributed by atoms with van der Waals surface area (Å²) in [6.07, 6.45) is 1.57. The number of nitrogens with zero attached hydrogens (tertiary/aromatic N) is 1. The number of piperazine rings is 1. The van der Waals surface area contributed by atoms with Crippen LogP contribution < -0.4 is 5.32 Å². The maximum Gasteiger partial charge on any atom is 0.243 e. The molecule has 1 aromatic rings. The van der Waals surface area contributed by atoms with Crippen molar-refractivity contribution in [1.82, 2.24) is 10.2 Å². The molecule has 0 radical (unpaired) electrons. The van der Waals surface area contributed by atoms with Gasteiger partial charge >= 0.3 is 0 Å². The molecule has 3 rings (SSSR count). The molecule has 4 heteroatoms. The van der Waals surface area contributed by atoms with Crippen LogP contribution in [-0.4, -0.2) is 28.8 Å². The zero-order valence-corrected chi connectivity index (χ0v) is 9.43. The van der Waals surface area contributed by atoms with Crippen LogP contribution in [0.4, 0.5) is 0 Å². The minimum absolute atomic E-state index is 0.127. The Balaban J connectivity index is 1.84. The Morgan fingerprint density at radius 2 is 1.65 bits per heavy atom. The van der Waals surface area contributed by atoms with E-state index >= 15 is 0 Å². The molecule has 2 fully saturated rings. The minimum Gasteiger partial charge on any atom is -0.294 e. The molecule has 2 saturated heterocycles. The van der Waals surface area contributed by atoms with E-state index in [0.29, 0.717) is 6.54 Å². The van der Waals surface area contributed by atoms with E-state index in [1.165, 1.54) is 0 Å². The van der Waals surface area contributed by atoms with Crippen molar-refractivity contribution in [2.75, 3.05) is 0 Å². The fraction of sp³-hybridized carbons (Fsp3) is 0.385. The minimum atomic E-state index is -0.139. The molecule has 2 aliphatic rings. The van der Waals surface area contributed by atoms with E-state index in [1.54, 1.807) is 0 Å². The van der Waals surface area contributed by atoms with E-state index in [2.05, 4.69) is 5.32 Å². The highest BCUT2D eigenvalue weighted by molar-refractivity contribution is 6.03. The van der Waals surface area contributed by atoms with Gasteiger partial charge in [0.25, 0.3) is 0 Å². The fourth-order valence-electron chi connectivity index (χ4n) is 2.73. The smallest absolute Gasteiger partial charge is 0.243 e. The molecule has 1 aromatic carbocycles. The third-order valence-electron chi connectivity index (χ3n) is 3.57. The number of fused-ring (bicyclic) bond motifs is 2. The maximum atomic E-state index is 11.7. The number of nitrogens with one attached hydrogen (secondary N) is 1. The van der Waals surface area contributed by atoms with E-state index in [1.807, 2.05) is 35.2 Å². The number of hydrogen-bond acceptors (Lipinski definition) is 3. The van der Waals surface area contributed by atoms with Gasteiger partial charge in [0.15, 0.2) is 0 Å². The first-order valence-corrected chi connectivity index (χ1v) is 5.90. The molecule has 2 aliphatic heterocycles. The first-order valence-electron chi connectivity index (χ1n) is 5.90. The molecule has 0 aromatic heterocycles. The van der Waals surface area contributed by atoms with Gasteiger partial charge in [-0.25, -0.2) is 0 Å². The SMILES string of the molecule is O=C1NC(=O)C2CCC1N2Cc1ccccc1. The van der Waals surface area contributed by atoms with Crippen molar-refractivity contribution in [3.63, 3.8) is 0 Å². The summed E-state index contributed by atoms with van der Waals surface area (Å²) in [6, 6.07) is 9.71. The topological polar surface area (TPSA) is 49.4 Å². The van der Waals surface area contributed by atoms with Crippen molar-refractivity contribution in [3.8, 4) is 0 Å². The second-order valence-corrected chi connectivity index (χ2v) is 4.62. The molecular formula is C13H14N2O2.